The van der Waals surface area contributed by atoms with Crippen molar-refractivity contribution in [2.45, 2.75) is 52.9 Å². The molecule has 1 heterocycles. The summed E-state index contributed by atoms with van der Waals surface area (Å²) in [7, 11) is 0. The van der Waals surface area contributed by atoms with Gasteiger partial charge in [0.15, 0.2) is 5.82 Å². The Morgan fingerprint density at radius 3 is 2.37 bits per heavy atom. The summed E-state index contributed by atoms with van der Waals surface area (Å²) in [5.74, 6) is 0.367. The molecule has 1 aromatic heterocycles. The zero-order valence-corrected chi connectivity index (χ0v) is 11.8. The quantitative estimate of drug-likeness (QED) is 0.900. The Morgan fingerprint density at radius 2 is 1.95 bits per heavy atom. The number of hydrogen-bond donors (Lipinski definition) is 1. The Bertz CT molecular complexity index is 423. The van der Waals surface area contributed by atoms with Gasteiger partial charge in [-0.1, -0.05) is 6.92 Å². The fourth-order valence-electron chi connectivity index (χ4n) is 1.95. The molecule has 0 amide bonds. The summed E-state index contributed by atoms with van der Waals surface area (Å²) in [5, 5.41) is 4.22. The molecule has 0 aromatic carbocycles. The Hall–Kier alpha value is -1.40. The molecule has 0 saturated heterocycles. The second kappa shape index (κ2) is 5.71. The lowest BCUT2D eigenvalue weighted by Gasteiger charge is -2.30. The maximum absolute atomic E-state index is 12.7. The van der Waals surface area contributed by atoms with Crippen molar-refractivity contribution in [2.75, 3.05) is 17.2 Å². The van der Waals surface area contributed by atoms with Gasteiger partial charge < -0.3 is 10.6 Å². The molecule has 0 unspecified atom stereocenters. The zero-order valence-electron chi connectivity index (χ0n) is 11.8. The molecule has 19 heavy (non-hydrogen) atoms. The number of alkyl halides is 3. The molecule has 0 fully saturated rings. The maximum Gasteiger partial charge on any atom is 0.405 e. The molecule has 110 valence electrons. The lowest BCUT2D eigenvalue weighted by Crippen LogP contribution is -2.40. The second-order valence-corrected chi connectivity index (χ2v) is 4.88. The van der Waals surface area contributed by atoms with Crippen molar-refractivity contribution in [3.63, 3.8) is 0 Å². The fraction of sp³-hybridized carbons (Fsp3) is 0.750. The van der Waals surface area contributed by atoms with Gasteiger partial charge in [-0.3, -0.25) is 0 Å². The highest BCUT2D eigenvalue weighted by Gasteiger charge is 2.34. The molecule has 0 aliphatic carbocycles. The monoisotopic (exact) mass is 278 g/mol. The van der Waals surface area contributed by atoms with Crippen LogP contribution in [0.4, 0.5) is 24.7 Å². The largest absolute Gasteiger partial charge is 0.405 e. The summed E-state index contributed by atoms with van der Waals surface area (Å²) in [4.78, 5) is 1.25. The van der Waals surface area contributed by atoms with Gasteiger partial charge in [0.1, 0.15) is 6.54 Å². The third-order valence-corrected chi connectivity index (χ3v) is 2.83. The van der Waals surface area contributed by atoms with Crippen LogP contribution in [0.3, 0.4) is 0 Å². The van der Waals surface area contributed by atoms with Crippen molar-refractivity contribution < 1.29 is 13.2 Å². The first-order valence-corrected chi connectivity index (χ1v) is 6.33. The van der Waals surface area contributed by atoms with E-state index in [1.54, 1.807) is 25.5 Å². The van der Waals surface area contributed by atoms with Crippen LogP contribution in [0.1, 0.15) is 32.9 Å². The van der Waals surface area contributed by atoms with E-state index in [0.29, 0.717) is 23.7 Å². The molecule has 7 heteroatoms. The zero-order chi connectivity index (χ0) is 14.8. The van der Waals surface area contributed by atoms with Crippen LogP contribution in [-0.2, 0) is 6.54 Å². The van der Waals surface area contributed by atoms with Crippen molar-refractivity contribution in [1.82, 2.24) is 9.78 Å². The summed E-state index contributed by atoms with van der Waals surface area (Å²) in [6, 6.07) is -0.310. The van der Waals surface area contributed by atoms with E-state index in [4.69, 9.17) is 5.73 Å². The highest BCUT2D eigenvalue weighted by Crippen LogP contribution is 2.31. The lowest BCUT2D eigenvalue weighted by molar-refractivity contribution is -0.120. The van der Waals surface area contributed by atoms with E-state index in [1.807, 2.05) is 6.92 Å². The van der Waals surface area contributed by atoms with Gasteiger partial charge in [0.05, 0.1) is 11.4 Å². The first kappa shape index (κ1) is 15.7. The summed E-state index contributed by atoms with van der Waals surface area (Å²) in [6.07, 6.45) is -3.49. The predicted molar refractivity (Wildman–Crippen MR) is 70.2 cm³/mol. The predicted octanol–water partition coefficient (Wildman–Crippen LogP) is 2.96. The second-order valence-electron chi connectivity index (χ2n) is 4.88. The van der Waals surface area contributed by atoms with Crippen LogP contribution < -0.4 is 10.6 Å². The van der Waals surface area contributed by atoms with Crippen LogP contribution in [0.5, 0.6) is 0 Å². The van der Waals surface area contributed by atoms with Gasteiger partial charge in [-0.15, -0.1) is 0 Å². The summed E-state index contributed by atoms with van der Waals surface area (Å²) in [5.41, 5.74) is 6.79. The minimum absolute atomic E-state index is 0.310. The van der Waals surface area contributed by atoms with E-state index in [0.717, 1.165) is 6.42 Å². The number of nitrogens with two attached hydrogens (primary N) is 1. The minimum Gasteiger partial charge on any atom is -0.394 e. The summed E-state index contributed by atoms with van der Waals surface area (Å²) >= 11 is 0. The average molecular weight is 278 g/mol. The van der Waals surface area contributed by atoms with E-state index in [-0.39, 0.29) is 6.04 Å². The number of rotatable bonds is 5. The van der Waals surface area contributed by atoms with Crippen molar-refractivity contribution in [3.8, 4) is 0 Å². The van der Waals surface area contributed by atoms with Gasteiger partial charge in [0.2, 0.25) is 0 Å². The summed E-state index contributed by atoms with van der Waals surface area (Å²) in [6.45, 7) is 6.60. The fourth-order valence-corrected chi connectivity index (χ4v) is 1.95. The Balaban J connectivity index is 3.21. The molecule has 0 aliphatic heterocycles. The number of nitrogens with zero attached hydrogens (tertiary/aromatic N) is 3. The van der Waals surface area contributed by atoms with Gasteiger partial charge in [0.25, 0.3) is 0 Å². The van der Waals surface area contributed by atoms with Crippen LogP contribution in [0.15, 0.2) is 0 Å². The molecule has 0 radical (unpaired) electrons. The number of aryl methyl sites for hydroxylation is 2. The number of nitrogen functional groups attached to an aromatic ring is 1. The Kier molecular flexibility index (Phi) is 4.70. The standard InChI is InChI=1S/C12H21F3N4/c1-5-6-19-11(10(16)9(4)17-19)18(8(2)3)7-12(13,14)15/h8H,5-7,16H2,1-4H3. The Labute approximate surface area is 111 Å². The third kappa shape index (κ3) is 3.78. The van der Waals surface area contributed by atoms with E-state index in [2.05, 4.69) is 5.10 Å². The smallest absolute Gasteiger partial charge is 0.394 e. The SMILES string of the molecule is CCCn1nc(C)c(N)c1N(CC(F)(F)F)C(C)C. The normalized spacial score (nSPS) is 12.2. The van der Waals surface area contributed by atoms with Gasteiger partial charge in [-0.2, -0.15) is 18.3 Å². The van der Waals surface area contributed by atoms with Crippen molar-refractivity contribution >= 4 is 11.5 Å². The average Bonchev–Trinajstić information content (AvgIpc) is 2.51. The molecular formula is C12H21F3N4. The topological polar surface area (TPSA) is 47.1 Å². The van der Waals surface area contributed by atoms with Gasteiger partial charge >= 0.3 is 6.18 Å². The van der Waals surface area contributed by atoms with E-state index < -0.39 is 12.7 Å². The van der Waals surface area contributed by atoms with Crippen molar-refractivity contribution in [1.29, 1.82) is 0 Å². The van der Waals surface area contributed by atoms with E-state index >= 15 is 0 Å². The molecule has 1 aromatic rings. The lowest BCUT2D eigenvalue weighted by atomic mass is 10.2. The van der Waals surface area contributed by atoms with Gasteiger partial charge in [-0.05, 0) is 27.2 Å². The number of aromatic nitrogens is 2. The van der Waals surface area contributed by atoms with Crippen molar-refractivity contribution in [2.24, 2.45) is 0 Å². The Morgan fingerprint density at radius 1 is 1.37 bits per heavy atom. The first-order chi connectivity index (χ1) is 8.67. The molecule has 1 rings (SSSR count). The van der Waals surface area contributed by atoms with Crippen LogP contribution in [0.2, 0.25) is 0 Å². The van der Waals surface area contributed by atoms with Gasteiger partial charge in [0, 0.05) is 12.6 Å². The van der Waals surface area contributed by atoms with Crippen LogP contribution in [0.25, 0.3) is 0 Å². The number of halogens is 3. The van der Waals surface area contributed by atoms with Gasteiger partial charge in [-0.25, -0.2) is 4.68 Å². The first-order valence-electron chi connectivity index (χ1n) is 6.33. The molecule has 0 spiro atoms. The van der Waals surface area contributed by atoms with Crippen molar-refractivity contribution in [3.05, 3.63) is 5.69 Å². The number of hydrogen-bond acceptors (Lipinski definition) is 3. The molecular weight excluding hydrogens is 257 g/mol. The van der Waals surface area contributed by atoms with Crippen LogP contribution in [-0.4, -0.2) is 28.5 Å². The van der Waals surface area contributed by atoms with E-state index in [9.17, 15) is 13.2 Å². The van der Waals surface area contributed by atoms with Crippen LogP contribution >= 0.6 is 0 Å². The molecule has 2 N–H and O–H groups in total. The molecule has 0 bridgehead atoms. The molecule has 4 nitrogen and oxygen atoms in total. The molecule has 0 aliphatic rings. The maximum atomic E-state index is 12.7. The third-order valence-electron chi connectivity index (χ3n) is 2.83. The molecule has 0 saturated carbocycles. The van der Waals surface area contributed by atoms with E-state index in [1.165, 1.54) is 4.90 Å². The highest BCUT2D eigenvalue weighted by atomic mass is 19.4. The summed E-state index contributed by atoms with van der Waals surface area (Å²) < 4.78 is 39.7. The highest BCUT2D eigenvalue weighted by molar-refractivity contribution is 5.66. The van der Waals surface area contributed by atoms with Crippen LogP contribution in [0, 0.1) is 6.92 Å². The number of anilines is 2. The molecule has 0 atom stereocenters. The minimum atomic E-state index is -4.27.